The second-order valence-electron chi connectivity index (χ2n) is 7.55. The van der Waals surface area contributed by atoms with E-state index in [9.17, 15) is 9.59 Å². The second-order valence-corrected chi connectivity index (χ2v) is 7.55. The minimum Gasteiger partial charge on any atom is -0.323 e. The zero-order valence-corrected chi connectivity index (χ0v) is 17.2. The van der Waals surface area contributed by atoms with Gasteiger partial charge in [-0.3, -0.25) is 9.59 Å². The normalized spacial score (nSPS) is 16.4. The number of hydrogen-bond donors (Lipinski definition) is 1. The lowest BCUT2D eigenvalue weighted by molar-refractivity contribution is -0.681. The molecule has 6 heteroatoms. The number of fused-ring (bicyclic) bond motifs is 3. The molecule has 6 nitrogen and oxygen atoms in total. The van der Waals surface area contributed by atoms with Crippen molar-refractivity contribution in [2.24, 2.45) is 4.99 Å². The number of amides is 1. The molecule has 0 fully saturated rings. The van der Waals surface area contributed by atoms with Gasteiger partial charge in [0.25, 0.3) is 5.91 Å². The Morgan fingerprint density at radius 1 is 1.21 bits per heavy atom. The number of benzene rings is 1. The lowest BCUT2D eigenvalue weighted by atomic mass is 10.1. The topological polar surface area (TPSA) is 67.3 Å². The fourth-order valence-electron chi connectivity index (χ4n) is 3.92. The van der Waals surface area contributed by atoms with Gasteiger partial charge in [0.1, 0.15) is 0 Å². The van der Waals surface area contributed by atoms with Crippen LogP contribution < -0.4 is 15.4 Å². The quantitative estimate of drug-likeness (QED) is 0.817. The van der Waals surface area contributed by atoms with E-state index in [4.69, 9.17) is 0 Å². The SMILES string of the molecule is CCc1c(C)[n+](CC(=O)Nc2ccc(C)c(C)c2)c2n(c1=O)C1C=CC=CC1=N2. The van der Waals surface area contributed by atoms with Crippen LogP contribution in [0.4, 0.5) is 11.6 Å². The average Bonchev–Trinajstić information content (AvgIpc) is 3.08. The third-order valence-corrected chi connectivity index (χ3v) is 5.70. The molecule has 1 N–H and O–H groups in total. The summed E-state index contributed by atoms with van der Waals surface area (Å²) in [4.78, 5) is 30.6. The molecule has 29 heavy (non-hydrogen) atoms. The predicted octanol–water partition coefficient (Wildman–Crippen LogP) is 3.02. The number of anilines is 1. The van der Waals surface area contributed by atoms with Gasteiger partial charge in [0, 0.05) is 5.69 Å². The summed E-state index contributed by atoms with van der Waals surface area (Å²) in [6, 6.07) is 5.65. The molecule has 2 heterocycles. The molecular weight excluding hydrogens is 364 g/mol. The first-order valence-electron chi connectivity index (χ1n) is 9.89. The van der Waals surface area contributed by atoms with Gasteiger partial charge in [-0.15, -0.1) is 0 Å². The molecular formula is C23H25N4O2+. The molecule has 148 valence electrons. The molecule has 2 aliphatic rings. The molecule has 0 spiro atoms. The molecule has 1 aliphatic heterocycles. The van der Waals surface area contributed by atoms with Crippen molar-refractivity contribution in [3.63, 3.8) is 0 Å². The van der Waals surface area contributed by atoms with Crippen LogP contribution in [0.1, 0.15) is 35.3 Å². The summed E-state index contributed by atoms with van der Waals surface area (Å²) >= 11 is 0. The fraction of sp³-hybridized carbons (Fsp3) is 0.304. The van der Waals surface area contributed by atoms with E-state index in [2.05, 4.69) is 10.3 Å². The molecule has 1 atom stereocenters. The number of aromatic nitrogens is 2. The van der Waals surface area contributed by atoms with Crippen LogP contribution in [0.25, 0.3) is 0 Å². The van der Waals surface area contributed by atoms with E-state index in [0.717, 1.165) is 22.7 Å². The van der Waals surface area contributed by atoms with Gasteiger partial charge in [-0.2, -0.15) is 4.57 Å². The van der Waals surface area contributed by atoms with E-state index in [0.29, 0.717) is 17.9 Å². The van der Waals surface area contributed by atoms with Crippen molar-refractivity contribution in [2.75, 3.05) is 5.32 Å². The lowest BCUT2D eigenvalue weighted by Gasteiger charge is -2.14. The Labute approximate surface area is 169 Å². The van der Waals surface area contributed by atoms with Gasteiger partial charge in [-0.1, -0.05) is 30.1 Å². The molecule has 1 amide bonds. The minimum atomic E-state index is -0.206. The van der Waals surface area contributed by atoms with E-state index in [-0.39, 0.29) is 24.1 Å². The molecule has 0 radical (unpaired) electrons. The van der Waals surface area contributed by atoms with Crippen molar-refractivity contribution in [1.82, 2.24) is 4.57 Å². The monoisotopic (exact) mass is 389 g/mol. The van der Waals surface area contributed by atoms with Gasteiger partial charge < -0.3 is 5.32 Å². The number of carbonyl (C=O) groups excluding carboxylic acids is 1. The summed E-state index contributed by atoms with van der Waals surface area (Å²) in [5, 5.41) is 2.97. The Balaban J connectivity index is 1.73. The maximum absolute atomic E-state index is 13.1. The van der Waals surface area contributed by atoms with Crippen molar-refractivity contribution >= 4 is 23.3 Å². The predicted molar refractivity (Wildman–Crippen MR) is 114 cm³/mol. The highest BCUT2D eigenvalue weighted by molar-refractivity contribution is 6.03. The zero-order chi connectivity index (χ0) is 20.7. The van der Waals surface area contributed by atoms with E-state index in [1.54, 1.807) is 4.57 Å². The highest BCUT2D eigenvalue weighted by atomic mass is 16.2. The van der Waals surface area contributed by atoms with Crippen LogP contribution >= 0.6 is 0 Å². The summed E-state index contributed by atoms with van der Waals surface area (Å²) < 4.78 is 3.55. The van der Waals surface area contributed by atoms with Crippen molar-refractivity contribution in [1.29, 1.82) is 0 Å². The van der Waals surface area contributed by atoms with E-state index >= 15 is 0 Å². The van der Waals surface area contributed by atoms with Crippen LogP contribution in [0.2, 0.25) is 0 Å². The summed E-state index contributed by atoms with van der Waals surface area (Å²) in [5.74, 6) is 0.377. The first-order valence-corrected chi connectivity index (χ1v) is 9.89. The lowest BCUT2D eigenvalue weighted by Crippen LogP contribution is -2.49. The second kappa shape index (κ2) is 7.28. The molecule has 1 unspecified atom stereocenters. The van der Waals surface area contributed by atoms with Gasteiger partial charge in [-0.25, -0.2) is 4.57 Å². The van der Waals surface area contributed by atoms with Crippen LogP contribution in [0.3, 0.4) is 0 Å². The summed E-state index contributed by atoms with van der Waals surface area (Å²) in [5.41, 5.74) is 5.36. The Hall–Kier alpha value is -3.28. The maximum Gasteiger partial charge on any atom is 0.403 e. The Morgan fingerprint density at radius 3 is 2.72 bits per heavy atom. The van der Waals surface area contributed by atoms with Crippen molar-refractivity contribution in [2.45, 2.75) is 46.7 Å². The van der Waals surface area contributed by atoms with Crippen molar-refractivity contribution in [3.05, 3.63) is 75.2 Å². The number of aryl methyl sites for hydroxylation is 2. The number of hydrogen-bond acceptors (Lipinski definition) is 3. The van der Waals surface area contributed by atoms with E-state index in [1.807, 2.05) is 74.8 Å². The molecule has 1 aromatic carbocycles. The Kier molecular flexibility index (Phi) is 4.78. The largest absolute Gasteiger partial charge is 0.403 e. The van der Waals surface area contributed by atoms with Gasteiger partial charge in [-0.05, 0) is 62.6 Å². The standard InChI is InChI=1S/C23H24N4O2/c1-5-18-16(4)26(13-21(28)24-17-11-10-14(2)15(3)12-17)23-25-19-8-6-7-9-20(19)27(23)22(18)29/h6-12,20H,5,13H2,1-4H3/p+1. The van der Waals surface area contributed by atoms with Crippen molar-refractivity contribution < 1.29 is 9.36 Å². The number of allylic oxidation sites excluding steroid dienone is 4. The third-order valence-electron chi connectivity index (χ3n) is 5.70. The van der Waals surface area contributed by atoms with Gasteiger partial charge >= 0.3 is 11.5 Å². The Bertz CT molecular complexity index is 1170. The van der Waals surface area contributed by atoms with Crippen LogP contribution in [0, 0.1) is 20.8 Å². The summed E-state index contributed by atoms with van der Waals surface area (Å²) in [6.45, 7) is 8.01. The number of aliphatic imine (C=N–C) groups is 1. The molecule has 4 rings (SSSR count). The van der Waals surface area contributed by atoms with Crippen LogP contribution in [-0.2, 0) is 17.8 Å². The van der Waals surface area contributed by atoms with Gasteiger partial charge in [0.05, 0.1) is 11.3 Å². The molecule has 1 aromatic heterocycles. The summed E-state index contributed by atoms with van der Waals surface area (Å²) in [6.07, 6.45) is 8.32. The van der Waals surface area contributed by atoms with Crippen LogP contribution in [0.15, 0.2) is 52.3 Å². The smallest absolute Gasteiger partial charge is 0.323 e. The van der Waals surface area contributed by atoms with Crippen LogP contribution in [-0.4, -0.2) is 16.2 Å². The Morgan fingerprint density at radius 2 is 2.00 bits per heavy atom. The minimum absolute atomic E-state index is 0.0329. The molecule has 1 aliphatic carbocycles. The molecule has 0 saturated carbocycles. The molecule has 0 bridgehead atoms. The van der Waals surface area contributed by atoms with E-state index in [1.165, 1.54) is 5.56 Å². The maximum atomic E-state index is 13.1. The molecule has 0 saturated heterocycles. The van der Waals surface area contributed by atoms with E-state index < -0.39 is 0 Å². The molecule has 2 aromatic rings. The number of nitrogens with one attached hydrogen (secondary N) is 1. The number of nitrogens with zero attached hydrogens (tertiary/aromatic N) is 3. The number of carbonyl (C=O) groups is 1. The zero-order valence-electron chi connectivity index (χ0n) is 17.2. The first kappa shape index (κ1) is 19.1. The number of rotatable bonds is 4. The highest BCUT2D eigenvalue weighted by Crippen LogP contribution is 2.27. The van der Waals surface area contributed by atoms with Crippen LogP contribution in [0.5, 0.6) is 0 Å². The van der Waals surface area contributed by atoms with Crippen molar-refractivity contribution in [3.8, 4) is 0 Å². The third kappa shape index (κ3) is 3.24. The average molecular weight is 389 g/mol. The first-order chi connectivity index (χ1) is 13.9. The van der Waals surface area contributed by atoms with Gasteiger partial charge in [0.15, 0.2) is 18.3 Å². The van der Waals surface area contributed by atoms with Gasteiger partial charge in [0.2, 0.25) is 0 Å². The summed E-state index contributed by atoms with van der Waals surface area (Å²) in [7, 11) is 0. The fourth-order valence-corrected chi connectivity index (χ4v) is 3.92. The highest BCUT2D eigenvalue weighted by Gasteiger charge is 2.38.